The maximum atomic E-state index is 9.95. The van der Waals surface area contributed by atoms with Gasteiger partial charge < -0.3 is 10.2 Å². The second-order valence-electron chi connectivity index (χ2n) is 4.92. The Morgan fingerprint density at radius 2 is 2.00 bits per heavy atom. The van der Waals surface area contributed by atoms with Crippen LogP contribution in [0, 0.1) is 5.92 Å². The fraction of sp³-hybridized carbons (Fsp3) is 0.429. The first-order valence-corrected chi connectivity index (χ1v) is 6.25. The maximum absolute atomic E-state index is 9.95. The Hall–Kier alpha value is -1.15. The van der Waals surface area contributed by atoms with Crippen LogP contribution in [-0.2, 0) is 0 Å². The van der Waals surface area contributed by atoms with Gasteiger partial charge in [0.1, 0.15) is 11.5 Å². The van der Waals surface area contributed by atoms with E-state index in [1.807, 2.05) is 0 Å². The van der Waals surface area contributed by atoms with Crippen LogP contribution in [0.5, 0.6) is 11.5 Å². The normalized spacial score (nSPS) is 24.5. The summed E-state index contributed by atoms with van der Waals surface area (Å²) in [6.45, 7) is 4.26. The lowest BCUT2D eigenvalue weighted by atomic mass is 9.78. The molecule has 1 aromatic rings. The molecule has 0 aromatic heterocycles. The third-order valence-corrected chi connectivity index (χ3v) is 3.81. The van der Waals surface area contributed by atoms with Gasteiger partial charge in [-0.05, 0) is 31.7 Å². The first kappa shape index (κ1) is 12.3. The molecule has 17 heavy (non-hydrogen) atoms. The van der Waals surface area contributed by atoms with Crippen molar-refractivity contribution in [3.05, 3.63) is 34.4 Å². The third kappa shape index (κ3) is 2.42. The van der Waals surface area contributed by atoms with Crippen LogP contribution >= 0.6 is 11.6 Å². The van der Waals surface area contributed by atoms with E-state index in [0.29, 0.717) is 10.9 Å². The zero-order valence-corrected chi connectivity index (χ0v) is 10.8. The Bertz CT molecular complexity index is 442. The molecular weight excluding hydrogens is 236 g/mol. The summed E-state index contributed by atoms with van der Waals surface area (Å²) >= 11 is 6.13. The van der Waals surface area contributed by atoms with Gasteiger partial charge in [-0.3, -0.25) is 0 Å². The number of hydrogen-bond acceptors (Lipinski definition) is 2. The molecule has 0 spiro atoms. The Labute approximate surface area is 107 Å². The molecule has 2 nitrogen and oxygen atoms in total. The van der Waals surface area contributed by atoms with Gasteiger partial charge in [0.2, 0.25) is 0 Å². The van der Waals surface area contributed by atoms with Crippen molar-refractivity contribution in [2.45, 2.75) is 32.6 Å². The fourth-order valence-corrected chi connectivity index (χ4v) is 2.81. The molecule has 1 aliphatic carbocycles. The van der Waals surface area contributed by atoms with Gasteiger partial charge in [0.05, 0.1) is 5.02 Å². The molecule has 0 amide bonds. The van der Waals surface area contributed by atoms with E-state index in [2.05, 4.69) is 19.9 Å². The molecule has 2 N–H and O–H groups in total. The van der Waals surface area contributed by atoms with Crippen molar-refractivity contribution >= 4 is 11.6 Å². The quantitative estimate of drug-likeness (QED) is 0.735. The lowest BCUT2D eigenvalue weighted by Crippen LogP contribution is -2.13. The van der Waals surface area contributed by atoms with Crippen molar-refractivity contribution in [1.29, 1.82) is 0 Å². The minimum absolute atomic E-state index is 0.000383. The van der Waals surface area contributed by atoms with Gasteiger partial charge in [-0.25, -0.2) is 0 Å². The second kappa shape index (κ2) is 4.61. The number of allylic oxidation sites excluding steroid dienone is 2. The van der Waals surface area contributed by atoms with E-state index in [0.717, 1.165) is 18.4 Å². The van der Waals surface area contributed by atoms with E-state index in [-0.39, 0.29) is 17.4 Å². The summed E-state index contributed by atoms with van der Waals surface area (Å²) in [5.41, 5.74) is 2.06. The summed E-state index contributed by atoms with van der Waals surface area (Å²) in [6, 6.07) is 2.84. The molecule has 0 radical (unpaired) electrons. The zero-order valence-electron chi connectivity index (χ0n) is 10.1. The van der Waals surface area contributed by atoms with Gasteiger partial charge >= 0.3 is 0 Å². The molecule has 0 bridgehead atoms. The predicted molar refractivity (Wildman–Crippen MR) is 69.7 cm³/mol. The van der Waals surface area contributed by atoms with Crippen LogP contribution in [0.15, 0.2) is 23.8 Å². The molecule has 92 valence electrons. The van der Waals surface area contributed by atoms with Crippen LogP contribution in [0.1, 0.15) is 38.2 Å². The number of phenolic OH excluding ortho intramolecular Hbond substituents is 2. The Kier molecular flexibility index (Phi) is 3.34. The zero-order chi connectivity index (χ0) is 12.6. The number of phenols is 2. The maximum Gasteiger partial charge on any atom is 0.124 e. The van der Waals surface area contributed by atoms with E-state index in [1.165, 1.54) is 17.7 Å². The first-order valence-electron chi connectivity index (χ1n) is 5.87. The molecular formula is C14H17ClO2. The Morgan fingerprint density at radius 1 is 1.29 bits per heavy atom. The molecule has 0 fully saturated rings. The summed E-state index contributed by atoms with van der Waals surface area (Å²) in [5, 5.41) is 19.8. The number of benzene rings is 1. The van der Waals surface area contributed by atoms with Crippen LogP contribution < -0.4 is 0 Å². The van der Waals surface area contributed by atoms with Crippen molar-refractivity contribution in [1.82, 2.24) is 0 Å². The average molecular weight is 253 g/mol. The summed E-state index contributed by atoms with van der Waals surface area (Å²) in [4.78, 5) is 0. The first-order chi connectivity index (χ1) is 7.99. The second-order valence-corrected chi connectivity index (χ2v) is 5.32. The van der Waals surface area contributed by atoms with E-state index in [9.17, 15) is 10.2 Å². The van der Waals surface area contributed by atoms with Crippen molar-refractivity contribution in [2.24, 2.45) is 5.92 Å². The fourth-order valence-electron chi connectivity index (χ4n) is 2.48. The molecule has 2 atom stereocenters. The van der Waals surface area contributed by atoms with Gasteiger partial charge in [-0.1, -0.05) is 30.2 Å². The number of hydrogen-bond donors (Lipinski definition) is 2. The molecule has 1 unspecified atom stereocenters. The molecule has 1 aromatic carbocycles. The average Bonchev–Trinajstić information content (AvgIpc) is 2.21. The molecule has 1 aliphatic rings. The van der Waals surface area contributed by atoms with E-state index < -0.39 is 0 Å². The highest BCUT2D eigenvalue weighted by atomic mass is 35.5. The highest BCUT2D eigenvalue weighted by Crippen LogP contribution is 2.44. The lowest BCUT2D eigenvalue weighted by molar-refractivity contribution is 0.417. The Balaban J connectivity index is 2.49. The van der Waals surface area contributed by atoms with Crippen molar-refractivity contribution < 1.29 is 10.2 Å². The molecule has 0 heterocycles. The van der Waals surface area contributed by atoms with Crippen LogP contribution in [0.2, 0.25) is 5.02 Å². The van der Waals surface area contributed by atoms with Gasteiger partial charge in [-0.15, -0.1) is 0 Å². The third-order valence-electron chi connectivity index (χ3n) is 3.50. The van der Waals surface area contributed by atoms with Crippen LogP contribution in [0.4, 0.5) is 0 Å². The summed E-state index contributed by atoms with van der Waals surface area (Å²) in [6.07, 6.45) is 4.38. The van der Waals surface area contributed by atoms with Crippen LogP contribution in [0.3, 0.4) is 0 Å². The van der Waals surface area contributed by atoms with Gasteiger partial charge in [0.25, 0.3) is 0 Å². The van der Waals surface area contributed by atoms with Crippen LogP contribution in [-0.4, -0.2) is 10.2 Å². The van der Waals surface area contributed by atoms with Crippen molar-refractivity contribution in [3.63, 3.8) is 0 Å². The predicted octanol–water partition coefficient (Wildman–Crippen LogP) is 4.21. The van der Waals surface area contributed by atoms with Gasteiger partial charge in [-0.2, -0.15) is 0 Å². The molecule has 0 aliphatic heterocycles. The molecule has 0 saturated heterocycles. The van der Waals surface area contributed by atoms with E-state index in [1.54, 1.807) is 0 Å². The summed E-state index contributed by atoms with van der Waals surface area (Å²) < 4.78 is 0. The smallest absolute Gasteiger partial charge is 0.124 e. The monoisotopic (exact) mass is 252 g/mol. The Morgan fingerprint density at radius 3 is 2.65 bits per heavy atom. The highest BCUT2D eigenvalue weighted by Gasteiger charge is 2.26. The molecule has 0 saturated carbocycles. The standard InChI is InChI=1S/C14H17ClO2/c1-8-3-4-9(2)11(5-8)14-12(15)6-10(16)7-13(14)17/h5-7,9,11,16-17H,3-4H2,1-2H3/t9-,11?/m1/s1. The van der Waals surface area contributed by atoms with E-state index in [4.69, 9.17) is 11.6 Å². The van der Waals surface area contributed by atoms with E-state index >= 15 is 0 Å². The van der Waals surface area contributed by atoms with Crippen molar-refractivity contribution in [3.8, 4) is 11.5 Å². The number of halogens is 1. The summed E-state index contributed by atoms with van der Waals surface area (Å²) in [5.74, 6) is 0.668. The van der Waals surface area contributed by atoms with Gasteiger partial charge in [0.15, 0.2) is 0 Å². The van der Waals surface area contributed by atoms with Crippen LogP contribution in [0.25, 0.3) is 0 Å². The lowest BCUT2D eigenvalue weighted by Gasteiger charge is -2.28. The number of aromatic hydroxyl groups is 2. The SMILES string of the molecule is CC1=CC(c2c(O)cc(O)cc2Cl)[C@H](C)CC1. The topological polar surface area (TPSA) is 40.5 Å². The summed E-state index contributed by atoms with van der Waals surface area (Å²) in [7, 11) is 0. The minimum Gasteiger partial charge on any atom is -0.508 e. The van der Waals surface area contributed by atoms with Gasteiger partial charge in [0, 0.05) is 17.5 Å². The minimum atomic E-state index is 0.000383. The molecule has 3 heteroatoms. The highest BCUT2D eigenvalue weighted by molar-refractivity contribution is 6.31. The molecule has 2 rings (SSSR count). The largest absolute Gasteiger partial charge is 0.508 e. The number of rotatable bonds is 1. The van der Waals surface area contributed by atoms with Crippen molar-refractivity contribution in [2.75, 3.05) is 0 Å².